The molecule has 1 aliphatic heterocycles. The lowest BCUT2D eigenvalue weighted by molar-refractivity contribution is -0.125. The lowest BCUT2D eigenvalue weighted by atomic mass is 9.94. The average molecular weight is 318 g/mol. The number of nitrogens with zero attached hydrogens (tertiary/aromatic N) is 3. The Morgan fingerprint density at radius 3 is 2.52 bits per heavy atom. The molecule has 0 radical (unpaired) electrons. The van der Waals surface area contributed by atoms with Gasteiger partial charge in [0.2, 0.25) is 5.91 Å². The zero-order valence-corrected chi connectivity index (χ0v) is 14.5. The number of hydrogen-bond acceptors (Lipinski definition) is 4. The van der Waals surface area contributed by atoms with E-state index in [0.29, 0.717) is 5.92 Å². The van der Waals surface area contributed by atoms with E-state index in [1.54, 1.807) is 12.4 Å². The Morgan fingerprint density at radius 2 is 1.96 bits per heavy atom. The van der Waals surface area contributed by atoms with Gasteiger partial charge < -0.3 is 10.2 Å². The molecular formula is C18H30N4O. The second-order valence-electron chi connectivity index (χ2n) is 6.51. The quantitative estimate of drug-likeness (QED) is 0.800. The topological polar surface area (TPSA) is 58.1 Å². The van der Waals surface area contributed by atoms with Crippen LogP contribution in [0.2, 0.25) is 0 Å². The third-order valence-electron chi connectivity index (χ3n) is 4.70. The number of anilines is 1. The molecule has 0 spiro atoms. The van der Waals surface area contributed by atoms with E-state index in [9.17, 15) is 4.79 Å². The van der Waals surface area contributed by atoms with Gasteiger partial charge in [-0.25, -0.2) is 4.98 Å². The number of amides is 1. The summed E-state index contributed by atoms with van der Waals surface area (Å²) in [7, 11) is 0. The smallest absolute Gasteiger partial charge is 0.223 e. The summed E-state index contributed by atoms with van der Waals surface area (Å²) in [6, 6.07) is 0. The van der Waals surface area contributed by atoms with E-state index in [4.69, 9.17) is 0 Å². The highest BCUT2D eigenvalue weighted by molar-refractivity contribution is 5.78. The number of rotatable bonds is 8. The zero-order valence-electron chi connectivity index (χ0n) is 14.5. The Bertz CT molecular complexity index is 451. The number of aromatic nitrogens is 2. The van der Waals surface area contributed by atoms with E-state index in [1.807, 2.05) is 6.20 Å². The first-order valence-corrected chi connectivity index (χ1v) is 9.03. The maximum atomic E-state index is 12.3. The zero-order chi connectivity index (χ0) is 16.5. The summed E-state index contributed by atoms with van der Waals surface area (Å²) in [5, 5.41) is 3.19. The molecule has 1 fully saturated rings. The predicted molar refractivity (Wildman–Crippen MR) is 93.3 cm³/mol. The van der Waals surface area contributed by atoms with Gasteiger partial charge >= 0.3 is 0 Å². The fraction of sp³-hybridized carbons (Fsp3) is 0.722. The molecule has 2 heterocycles. The minimum absolute atomic E-state index is 0.199. The molecule has 0 atom stereocenters. The molecule has 0 aliphatic carbocycles. The third-order valence-corrected chi connectivity index (χ3v) is 4.70. The summed E-state index contributed by atoms with van der Waals surface area (Å²) in [6.45, 7) is 7.10. The molecule has 128 valence electrons. The average Bonchev–Trinajstić information content (AvgIpc) is 2.61. The van der Waals surface area contributed by atoms with Crippen molar-refractivity contribution in [1.29, 1.82) is 0 Å². The number of piperidine rings is 1. The van der Waals surface area contributed by atoms with E-state index in [2.05, 4.69) is 34.0 Å². The molecule has 5 heteroatoms. The van der Waals surface area contributed by atoms with Gasteiger partial charge in [-0.3, -0.25) is 9.78 Å². The Labute approximate surface area is 139 Å². The minimum Gasteiger partial charge on any atom is -0.356 e. The molecule has 1 amide bonds. The van der Waals surface area contributed by atoms with E-state index in [1.165, 1.54) is 0 Å². The molecule has 1 aliphatic rings. The SMILES string of the molecule is CCCC(CCC)C(=O)NCC1CCN(c2cnccn2)CC1. The first-order valence-electron chi connectivity index (χ1n) is 9.03. The third kappa shape index (κ3) is 5.48. The summed E-state index contributed by atoms with van der Waals surface area (Å²) in [4.78, 5) is 23.1. The molecule has 1 aromatic heterocycles. The van der Waals surface area contributed by atoms with Crippen molar-refractivity contribution in [1.82, 2.24) is 15.3 Å². The second-order valence-corrected chi connectivity index (χ2v) is 6.51. The molecule has 1 N–H and O–H groups in total. The highest BCUT2D eigenvalue weighted by Gasteiger charge is 2.22. The Morgan fingerprint density at radius 1 is 1.26 bits per heavy atom. The monoisotopic (exact) mass is 318 g/mol. The van der Waals surface area contributed by atoms with Gasteiger partial charge in [0.25, 0.3) is 0 Å². The van der Waals surface area contributed by atoms with Gasteiger partial charge in [-0.2, -0.15) is 0 Å². The number of nitrogens with one attached hydrogen (secondary N) is 1. The van der Waals surface area contributed by atoms with Crippen LogP contribution in [0.1, 0.15) is 52.4 Å². The molecule has 23 heavy (non-hydrogen) atoms. The summed E-state index contributed by atoms with van der Waals surface area (Å²) in [5.41, 5.74) is 0. The Hall–Kier alpha value is -1.65. The molecule has 0 unspecified atom stereocenters. The van der Waals surface area contributed by atoms with Gasteiger partial charge in [-0.15, -0.1) is 0 Å². The van der Waals surface area contributed by atoms with Gasteiger partial charge in [-0.05, 0) is 31.6 Å². The fourth-order valence-corrected chi connectivity index (χ4v) is 3.31. The molecule has 0 aromatic carbocycles. The van der Waals surface area contributed by atoms with Crippen LogP contribution in [0.25, 0.3) is 0 Å². The van der Waals surface area contributed by atoms with E-state index in [-0.39, 0.29) is 11.8 Å². The van der Waals surface area contributed by atoms with Crippen molar-refractivity contribution in [3.63, 3.8) is 0 Å². The van der Waals surface area contributed by atoms with Crippen LogP contribution in [0.15, 0.2) is 18.6 Å². The number of hydrogen-bond donors (Lipinski definition) is 1. The van der Waals surface area contributed by atoms with Crippen LogP contribution in [-0.2, 0) is 4.79 Å². The van der Waals surface area contributed by atoms with Gasteiger partial charge in [-0.1, -0.05) is 26.7 Å². The Kier molecular flexibility index (Phi) is 7.30. The molecule has 1 aromatic rings. The van der Waals surface area contributed by atoms with Gasteiger partial charge in [0.1, 0.15) is 5.82 Å². The van der Waals surface area contributed by atoms with Crippen molar-refractivity contribution >= 4 is 11.7 Å². The molecular weight excluding hydrogens is 288 g/mol. The normalized spacial score (nSPS) is 15.9. The molecule has 1 saturated heterocycles. The van der Waals surface area contributed by atoms with Gasteiger partial charge in [0, 0.05) is 37.9 Å². The fourth-order valence-electron chi connectivity index (χ4n) is 3.31. The Balaban J connectivity index is 1.73. The first-order chi connectivity index (χ1) is 11.2. The van der Waals surface area contributed by atoms with Crippen molar-refractivity contribution in [2.45, 2.75) is 52.4 Å². The van der Waals surface area contributed by atoms with Crippen LogP contribution in [0, 0.1) is 11.8 Å². The van der Waals surface area contributed by atoms with E-state index < -0.39 is 0 Å². The minimum atomic E-state index is 0.199. The van der Waals surface area contributed by atoms with E-state index >= 15 is 0 Å². The van der Waals surface area contributed by atoms with Crippen molar-refractivity contribution in [3.05, 3.63) is 18.6 Å². The van der Waals surface area contributed by atoms with Crippen molar-refractivity contribution in [2.24, 2.45) is 11.8 Å². The maximum absolute atomic E-state index is 12.3. The number of carbonyl (C=O) groups is 1. The van der Waals surface area contributed by atoms with Crippen LogP contribution in [0.3, 0.4) is 0 Å². The second kappa shape index (κ2) is 9.48. The van der Waals surface area contributed by atoms with Crippen LogP contribution >= 0.6 is 0 Å². The van der Waals surface area contributed by atoms with Gasteiger partial charge in [0.05, 0.1) is 6.20 Å². The molecule has 0 bridgehead atoms. The highest BCUT2D eigenvalue weighted by Crippen LogP contribution is 2.21. The lowest BCUT2D eigenvalue weighted by Gasteiger charge is -2.32. The van der Waals surface area contributed by atoms with Crippen LogP contribution in [0.4, 0.5) is 5.82 Å². The summed E-state index contributed by atoms with van der Waals surface area (Å²) >= 11 is 0. The summed E-state index contributed by atoms with van der Waals surface area (Å²) in [6.07, 6.45) is 11.6. The van der Waals surface area contributed by atoms with Crippen LogP contribution < -0.4 is 10.2 Å². The van der Waals surface area contributed by atoms with Crippen molar-refractivity contribution in [2.75, 3.05) is 24.5 Å². The van der Waals surface area contributed by atoms with Crippen molar-refractivity contribution in [3.8, 4) is 0 Å². The largest absolute Gasteiger partial charge is 0.356 e. The van der Waals surface area contributed by atoms with E-state index in [0.717, 1.165) is 64.0 Å². The molecule has 2 rings (SSSR count). The van der Waals surface area contributed by atoms with Crippen molar-refractivity contribution < 1.29 is 4.79 Å². The highest BCUT2D eigenvalue weighted by atomic mass is 16.1. The number of carbonyl (C=O) groups excluding carboxylic acids is 1. The standard InChI is InChI=1S/C18H30N4O/c1-3-5-16(6-4-2)18(23)21-13-15-7-11-22(12-8-15)17-14-19-9-10-20-17/h9-10,14-16H,3-8,11-13H2,1-2H3,(H,21,23). The first kappa shape index (κ1) is 17.7. The predicted octanol–water partition coefficient (Wildman–Crippen LogP) is 3.03. The summed E-state index contributed by atoms with van der Waals surface area (Å²) < 4.78 is 0. The lowest BCUT2D eigenvalue weighted by Crippen LogP contribution is -2.40. The van der Waals surface area contributed by atoms with Crippen LogP contribution in [0.5, 0.6) is 0 Å². The molecule has 0 saturated carbocycles. The van der Waals surface area contributed by atoms with Gasteiger partial charge in [0.15, 0.2) is 0 Å². The maximum Gasteiger partial charge on any atom is 0.223 e. The van der Waals surface area contributed by atoms with Crippen LogP contribution in [-0.4, -0.2) is 35.5 Å². The summed E-state index contributed by atoms with van der Waals surface area (Å²) in [5.74, 6) is 1.99. The molecule has 5 nitrogen and oxygen atoms in total.